The topological polar surface area (TPSA) is 62.7 Å². The van der Waals surface area contributed by atoms with Gasteiger partial charge in [-0.05, 0) is 64.5 Å². The summed E-state index contributed by atoms with van der Waals surface area (Å²) in [4.78, 5) is 18.4. The fraction of sp³-hybridized carbons (Fsp3) is 0.684. The van der Waals surface area contributed by atoms with Crippen LogP contribution in [-0.2, 0) is 4.74 Å². The number of piperidine rings is 1. The summed E-state index contributed by atoms with van der Waals surface area (Å²) in [6.45, 7) is 6.59. The van der Waals surface area contributed by atoms with Crippen LogP contribution in [0.2, 0.25) is 5.02 Å². The number of amides is 1. The van der Waals surface area contributed by atoms with Crippen LogP contribution in [0.4, 0.5) is 4.79 Å². The molecule has 1 aliphatic carbocycles. The van der Waals surface area contributed by atoms with Crippen LogP contribution in [0, 0.1) is 5.92 Å². The number of hydrogen-bond acceptors (Lipinski definition) is 4. The van der Waals surface area contributed by atoms with Crippen LogP contribution in [0.3, 0.4) is 0 Å². The van der Waals surface area contributed by atoms with Gasteiger partial charge in [0.2, 0.25) is 0 Å². The minimum atomic E-state index is -0.833. The Morgan fingerprint density at radius 3 is 2.48 bits per heavy atom. The third kappa shape index (κ3) is 4.45. The van der Waals surface area contributed by atoms with E-state index in [1.807, 2.05) is 32.9 Å². The van der Waals surface area contributed by atoms with Gasteiger partial charge in [0, 0.05) is 30.9 Å². The molecular formula is C19H27ClN2O3. The first-order chi connectivity index (χ1) is 11.7. The van der Waals surface area contributed by atoms with Gasteiger partial charge >= 0.3 is 6.09 Å². The number of pyridine rings is 1. The van der Waals surface area contributed by atoms with E-state index in [0.717, 1.165) is 18.5 Å². The highest BCUT2D eigenvalue weighted by molar-refractivity contribution is 6.30. The van der Waals surface area contributed by atoms with Gasteiger partial charge in [0.1, 0.15) is 5.60 Å². The summed E-state index contributed by atoms with van der Waals surface area (Å²) in [6.07, 6.45) is 4.66. The van der Waals surface area contributed by atoms with Crippen molar-refractivity contribution in [2.75, 3.05) is 13.1 Å². The van der Waals surface area contributed by atoms with Crippen LogP contribution in [0.1, 0.15) is 58.1 Å². The molecule has 138 valence electrons. The van der Waals surface area contributed by atoms with Crippen LogP contribution >= 0.6 is 11.6 Å². The van der Waals surface area contributed by atoms with E-state index in [9.17, 15) is 9.90 Å². The maximum atomic E-state index is 12.2. The number of aromatic nitrogens is 1. The van der Waals surface area contributed by atoms with Crippen LogP contribution in [0.5, 0.6) is 0 Å². The van der Waals surface area contributed by atoms with Crippen LogP contribution in [-0.4, -0.2) is 45.4 Å². The van der Waals surface area contributed by atoms with Crippen molar-refractivity contribution in [2.24, 2.45) is 5.92 Å². The van der Waals surface area contributed by atoms with E-state index >= 15 is 0 Å². The van der Waals surface area contributed by atoms with Crippen molar-refractivity contribution in [3.05, 3.63) is 29.0 Å². The fourth-order valence-corrected chi connectivity index (χ4v) is 3.78. The van der Waals surface area contributed by atoms with Crippen molar-refractivity contribution in [1.82, 2.24) is 9.88 Å². The number of carbonyl (C=O) groups is 1. The maximum Gasteiger partial charge on any atom is 0.410 e. The Balaban J connectivity index is 1.70. The fourth-order valence-electron chi connectivity index (χ4n) is 3.67. The van der Waals surface area contributed by atoms with Gasteiger partial charge in [0.25, 0.3) is 0 Å². The monoisotopic (exact) mass is 366 g/mol. The zero-order valence-corrected chi connectivity index (χ0v) is 15.9. The van der Waals surface area contributed by atoms with Crippen molar-refractivity contribution in [1.29, 1.82) is 0 Å². The van der Waals surface area contributed by atoms with Gasteiger partial charge in [0.05, 0.1) is 10.6 Å². The summed E-state index contributed by atoms with van der Waals surface area (Å²) in [5.41, 5.74) is -0.435. The highest BCUT2D eigenvalue weighted by Gasteiger charge is 2.49. The maximum absolute atomic E-state index is 12.2. The second-order valence-electron chi connectivity index (χ2n) is 8.29. The molecule has 0 bridgehead atoms. The third-order valence-corrected chi connectivity index (χ3v) is 5.25. The Kier molecular flexibility index (Phi) is 5.00. The Morgan fingerprint density at radius 1 is 1.36 bits per heavy atom. The molecule has 1 aliphatic heterocycles. The predicted octanol–water partition coefficient (Wildman–Crippen LogP) is 3.99. The number of hydrogen-bond donors (Lipinski definition) is 1. The first-order valence-corrected chi connectivity index (χ1v) is 9.37. The van der Waals surface area contributed by atoms with Crippen molar-refractivity contribution in [2.45, 2.75) is 63.6 Å². The highest BCUT2D eigenvalue weighted by atomic mass is 35.5. The van der Waals surface area contributed by atoms with E-state index in [1.165, 1.54) is 0 Å². The molecule has 1 unspecified atom stereocenters. The first-order valence-electron chi connectivity index (χ1n) is 9.00. The normalized spacial score (nSPS) is 21.7. The lowest BCUT2D eigenvalue weighted by atomic mass is 9.75. The van der Waals surface area contributed by atoms with E-state index in [1.54, 1.807) is 11.1 Å². The molecule has 1 saturated carbocycles. The molecule has 25 heavy (non-hydrogen) atoms. The predicted molar refractivity (Wildman–Crippen MR) is 96.7 cm³/mol. The highest BCUT2D eigenvalue weighted by Crippen LogP contribution is 2.50. The molecule has 2 aliphatic rings. The van der Waals surface area contributed by atoms with E-state index in [0.29, 0.717) is 36.9 Å². The molecule has 3 rings (SSSR count). The molecule has 1 amide bonds. The number of nitrogens with zero attached hydrogens (tertiary/aromatic N) is 2. The van der Waals surface area contributed by atoms with Crippen molar-refractivity contribution in [3.8, 4) is 0 Å². The van der Waals surface area contributed by atoms with Crippen LogP contribution in [0.15, 0.2) is 18.3 Å². The van der Waals surface area contributed by atoms with Crippen LogP contribution in [0.25, 0.3) is 0 Å². The summed E-state index contributed by atoms with van der Waals surface area (Å²) in [7, 11) is 0. The van der Waals surface area contributed by atoms with Crippen molar-refractivity contribution < 1.29 is 14.6 Å². The number of carbonyl (C=O) groups excluding carboxylic acids is 1. The molecule has 1 aromatic heterocycles. The minimum absolute atomic E-state index is 0.00514. The SMILES string of the molecule is CC(C)(C)OC(=O)N1CCC(O)(C(c2ccc(Cl)cn2)C2CC2)CC1. The van der Waals surface area contributed by atoms with E-state index in [-0.39, 0.29) is 12.0 Å². The molecule has 5 nitrogen and oxygen atoms in total. The summed E-state index contributed by atoms with van der Waals surface area (Å²) in [5.74, 6) is 0.470. The Labute approximate surface area is 154 Å². The zero-order chi connectivity index (χ0) is 18.2. The molecule has 1 atom stereocenters. The van der Waals surface area contributed by atoms with Gasteiger partial charge in [0.15, 0.2) is 0 Å². The Bertz CT molecular complexity index is 615. The van der Waals surface area contributed by atoms with Crippen molar-refractivity contribution in [3.63, 3.8) is 0 Å². The number of halogens is 1. The smallest absolute Gasteiger partial charge is 0.410 e. The molecular weight excluding hydrogens is 340 g/mol. The second kappa shape index (κ2) is 6.76. The molecule has 1 aromatic rings. The Hall–Kier alpha value is -1.33. The number of likely N-dealkylation sites (tertiary alicyclic amines) is 1. The van der Waals surface area contributed by atoms with Gasteiger partial charge in [-0.3, -0.25) is 4.98 Å². The Morgan fingerprint density at radius 2 is 2.00 bits per heavy atom. The molecule has 6 heteroatoms. The quantitative estimate of drug-likeness (QED) is 0.878. The molecule has 1 saturated heterocycles. The van der Waals surface area contributed by atoms with Gasteiger partial charge in [-0.1, -0.05) is 11.6 Å². The lowest BCUT2D eigenvalue weighted by Gasteiger charge is -2.43. The minimum Gasteiger partial charge on any atom is -0.444 e. The van der Waals surface area contributed by atoms with E-state index in [4.69, 9.17) is 16.3 Å². The van der Waals surface area contributed by atoms with Gasteiger partial charge in [-0.25, -0.2) is 4.79 Å². The van der Waals surface area contributed by atoms with Gasteiger partial charge in [-0.15, -0.1) is 0 Å². The molecule has 2 fully saturated rings. The van der Waals surface area contributed by atoms with E-state index in [2.05, 4.69) is 4.98 Å². The molecule has 2 heterocycles. The summed E-state index contributed by atoms with van der Waals surface area (Å²) in [6, 6.07) is 3.75. The summed E-state index contributed by atoms with van der Waals surface area (Å²) < 4.78 is 5.44. The van der Waals surface area contributed by atoms with Crippen molar-refractivity contribution >= 4 is 17.7 Å². The lowest BCUT2D eigenvalue weighted by Crippen LogP contribution is -2.51. The van der Waals surface area contributed by atoms with Crippen LogP contribution < -0.4 is 0 Å². The number of rotatable bonds is 3. The number of aliphatic hydroxyl groups is 1. The average molecular weight is 367 g/mol. The zero-order valence-electron chi connectivity index (χ0n) is 15.2. The molecule has 0 aromatic carbocycles. The average Bonchev–Trinajstić information content (AvgIpc) is 3.33. The molecule has 1 N–H and O–H groups in total. The summed E-state index contributed by atoms with van der Waals surface area (Å²) >= 11 is 5.96. The summed E-state index contributed by atoms with van der Waals surface area (Å²) in [5, 5.41) is 11.9. The molecule has 0 spiro atoms. The lowest BCUT2D eigenvalue weighted by molar-refractivity contribution is -0.0538. The van der Waals surface area contributed by atoms with E-state index < -0.39 is 11.2 Å². The third-order valence-electron chi connectivity index (χ3n) is 5.02. The number of ether oxygens (including phenoxy) is 1. The molecule has 0 radical (unpaired) electrons. The standard InChI is InChI=1S/C19H27ClN2O3/c1-18(2,3)25-17(23)22-10-8-19(24,9-11-22)16(13-4-5-13)15-7-6-14(20)12-21-15/h6-7,12-13,16,24H,4-5,8-11H2,1-3H3. The van der Waals surface area contributed by atoms with Gasteiger partial charge in [-0.2, -0.15) is 0 Å². The first kappa shape index (κ1) is 18.5. The van der Waals surface area contributed by atoms with Gasteiger partial charge < -0.3 is 14.7 Å². The largest absolute Gasteiger partial charge is 0.444 e. The second-order valence-corrected chi connectivity index (χ2v) is 8.72.